The molecule has 0 saturated heterocycles. The molecule has 0 atom stereocenters. The first-order valence-electron chi connectivity index (χ1n) is 42.1. The highest BCUT2D eigenvalue weighted by atomic mass is 32.1. The highest BCUT2D eigenvalue weighted by Crippen LogP contribution is 2.51. The number of anilines is 12. The van der Waals surface area contributed by atoms with Crippen LogP contribution in [0.1, 0.15) is 0 Å². The van der Waals surface area contributed by atoms with Crippen molar-refractivity contribution in [3.05, 3.63) is 443 Å². The fraction of sp³-hybridized carbons (Fsp3) is 0.0261. The van der Waals surface area contributed by atoms with Gasteiger partial charge in [-0.25, -0.2) is 0 Å². The minimum atomic E-state index is -1.42. The summed E-state index contributed by atoms with van der Waals surface area (Å²) in [4.78, 5) is 9.43. The third-order valence-electron chi connectivity index (χ3n) is 24.2. The SMILES string of the molecule is C[Si](C)(C)c1ccc(N(c2ccccc2)c2ccc(-c3ccc4c(c3)c3ccccc3c3c5ccc(N(c6ccccc6)c6ccc7oc8ccccc8c7c6)cc5sc43)cc2)cc1.c1ccc(-c2ccccc2N(c2ccccc2)c2ccc(-c3ccc4c(c3)c3ccccc3c3c5ccc(N(c6ccccc6)c6ccccc6)cc5sc43)cc2)cc1. The lowest BCUT2D eigenvalue weighted by atomic mass is 9.94. The molecule has 0 bridgehead atoms. The summed E-state index contributed by atoms with van der Waals surface area (Å²) in [6.07, 6.45) is 0. The molecule has 8 heteroatoms. The summed E-state index contributed by atoms with van der Waals surface area (Å²) < 4.78 is 11.4. The number of nitrogens with zero attached hydrogens (tertiary/aromatic N) is 4. The maximum atomic E-state index is 6.23. The molecule has 0 N–H and O–H groups in total. The highest BCUT2D eigenvalue weighted by Gasteiger charge is 2.25. The van der Waals surface area contributed by atoms with E-state index in [1.165, 1.54) is 122 Å². The molecule has 0 aliphatic heterocycles. The summed E-state index contributed by atoms with van der Waals surface area (Å²) in [6, 6.07) is 161. The van der Waals surface area contributed by atoms with E-state index in [0.29, 0.717) is 0 Å². The van der Waals surface area contributed by atoms with Gasteiger partial charge in [0.05, 0.1) is 13.8 Å². The van der Waals surface area contributed by atoms with Gasteiger partial charge in [-0.2, -0.15) is 0 Å². The Labute approximate surface area is 724 Å². The van der Waals surface area contributed by atoms with Gasteiger partial charge in [0.2, 0.25) is 0 Å². The molecule has 0 aliphatic carbocycles. The molecule has 0 fully saturated rings. The van der Waals surface area contributed by atoms with Crippen LogP contribution < -0.4 is 24.8 Å². The summed E-state index contributed by atoms with van der Waals surface area (Å²) in [5, 5.41) is 19.2. The zero-order valence-electron chi connectivity index (χ0n) is 68.2. The summed E-state index contributed by atoms with van der Waals surface area (Å²) in [7, 11) is -1.42. The van der Waals surface area contributed by atoms with Crippen LogP contribution in [0, 0.1) is 0 Å². The van der Waals surface area contributed by atoms with E-state index in [0.717, 1.165) is 90.2 Å². The number of fused-ring (bicyclic) bond motifs is 19. The largest absolute Gasteiger partial charge is 0.456 e. The molecular weight excluding hydrogens is 1550 g/mol. The van der Waals surface area contributed by atoms with Crippen molar-refractivity contribution in [3.63, 3.8) is 0 Å². The van der Waals surface area contributed by atoms with E-state index in [1.807, 2.05) is 34.8 Å². The number of rotatable bonds is 16. The van der Waals surface area contributed by atoms with Crippen LogP contribution in [0.3, 0.4) is 0 Å². The van der Waals surface area contributed by atoms with E-state index in [1.54, 1.807) is 0 Å². The van der Waals surface area contributed by atoms with Crippen LogP contribution in [0.25, 0.3) is 139 Å². The predicted octanol–water partition coefficient (Wildman–Crippen LogP) is 34.0. The van der Waals surface area contributed by atoms with Crippen LogP contribution in [-0.2, 0) is 0 Å². The zero-order valence-corrected chi connectivity index (χ0v) is 70.8. The molecule has 0 aliphatic rings. The van der Waals surface area contributed by atoms with E-state index in [2.05, 4.69) is 470 Å². The van der Waals surface area contributed by atoms with Crippen molar-refractivity contribution < 1.29 is 4.42 Å². The molecule has 23 rings (SSSR count). The van der Waals surface area contributed by atoms with Crippen LogP contribution in [0.2, 0.25) is 19.6 Å². The number of hydrogen-bond acceptors (Lipinski definition) is 7. The smallest absolute Gasteiger partial charge is 0.135 e. The van der Waals surface area contributed by atoms with Crippen molar-refractivity contribution in [1.29, 1.82) is 0 Å². The van der Waals surface area contributed by atoms with Crippen LogP contribution >= 0.6 is 22.7 Å². The Balaban J connectivity index is 0.000000147. The van der Waals surface area contributed by atoms with Gasteiger partial charge in [0.15, 0.2) is 0 Å². The Morgan fingerprint density at radius 2 is 0.528 bits per heavy atom. The van der Waals surface area contributed by atoms with Crippen molar-refractivity contribution in [2.45, 2.75) is 19.6 Å². The first-order valence-corrected chi connectivity index (χ1v) is 47.2. The Kier molecular flexibility index (Phi) is 19.0. The number of hydrogen-bond donors (Lipinski definition) is 0. The third kappa shape index (κ3) is 13.7. The van der Waals surface area contributed by atoms with Gasteiger partial charge in [-0.1, -0.05) is 304 Å². The standard InChI is InChI=1S/C59H44N2OSSi.C56H38N2S/c1-64(2,3)47-31-27-44(28-32-47)60(41-14-6-4-7-15-41)43-25-22-39(23-26-43)40-24-33-51-53(36-40)48-18-10-11-20-50(48)58-52-34-29-46(38-57(52)63-59(51)58)61(42-16-8-5-9-17-42)45-30-35-56-54(37-45)49-19-12-13-21-55(49)62-56;1-5-17-40(18-6-1)47-25-15-16-28-53(47)58(44-23-11-4-12-24-44)45-32-29-39(30-33-45)41-31-35-50-52(37-41)48-26-13-14-27-49(48)55-51-36-34-46(38-54(51)59-56(50)55)57(42-19-7-2-8-20-42)43-21-9-3-10-22-43/h4-38H,1-3H3;1-38H. The van der Waals surface area contributed by atoms with Crippen molar-refractivity contribution in [2.75, 3.05) is 19.6 Å². The summed E-state index contributed by atoms with van der Waals surface area (Å²) in [6.45, 7) is 7.20. The van der Waals surface area contributed by atoms with E-state index in [9.17, 15) is 0 Å². The van der Waals surface area contributed by atoms with Gasteiger partial charge < -0.3 is 24.0 Å². The molecule has 0 radical (unpaired) electrons. The lowest BCUT2D eigenvalue weighted by Gasteiger charge is -2.28. The van der Waals surface area contributed by atoms with Crippen molar-refractivity contribution in [2.24, 2.45) is 0 Å². The Morgan fingerprint density at radius 3 is 1.00 bits per heavy atom. The van der Waals surface area contributed by atoms with E-state index in [-0.39, 0.29) is 0 Å². The number of thiophene rings is 2. The molecular formula is C115H82N4OS2Si. The van der Waals surface area contributed by atoms with E-state index < -0.39 is 8.07 Å². The highest BCUT2D eigenvalue weighted by molar-refractivity contribution is 7.27. The van der Waals surface area contributed by atoms with Gasteiger partial charge in [0.1, 0.15) is 11.2 Å². The monoisotopic (exact) mass is 1630 g/mol. The third-order valence-corrected chi connectivity index (χ3v) is 28.6. The van der Waals surface area contributed by atoms with Gasteiger partial charge in [-0.15, -0.1) is 22.7 Å². The van der Waals surface area contributed by atoms with Crippen LogP contribution in [0.15, 0.2) is 447 Å². The Morgan fingerprint density at radius 1 is 0.203 bits per heavy atom. The van der Waals surface area contributed by atoms with Crippen LogP contribution in [0.4, 0.5) is 68.2 Å². The molecule has 0 amide bonds. The fourth-order valence-electron chi connectivity index (χ4n) is 18.3. The number of furan rings is 1. The predicted molar refractivity (Wildman–Crippen MR) is 534 cm³/mol. The topological polar surface area (TPSA) is 26.1 Å². The summed E-state index contributed by atoms with van der Waals surface area (Å²) >= 11 is 3.79. The quantitative estimate of drug-likeness (QED) is 0.0710. The fourth-order valence-corrected chi connectivity index (χ4v) is 22.0. The maximum absolute atomic E-state index is 6.23. The second kappa shape index (κ2) is 31.4. The molecule has 123 heavy (non-hydrogen) atoms. The molecule has 584 valence electrons. The zero-order chi connectivity index (χ0) is 82.1. The minimum absolute atomic E-state index is 0.894. The van der Waals surface area contributed by atoms with Crippen molar-refractivity contribution >= 4 is 210 Å². The van der Waals surface area contributed by atoms with Crippen molar-refractivity contribution in [1.82, 2.24) is 0 Å². The Hall–Kier alpha value is -14.9. The second-order valence-electron chi connectivity index (χ2n) is 32.7. The van der Waals surface area contributed by atoms with Crippen LogP contribution in [0.5, 0.6) is 0 Å². The average molecular weight is 1630 g/mol. The van der Waals surface area contributed by atoms with Gasteiger partial charge in [0.25, 0.3) is 0 Å². The maximum Gasteiger partial charge on any atom is 0.135 e. The van der Waals surface area contributed by atoms with E-state index in [4.69, 9.17) is 4.42 Å². The molecule has 0 unspecified atom stereocenters. The molecule has 3 heterocycles. The number of benzene rings is 20. The molecule has 5 nitrogen and oxygen atoms in total. The minimum Gasteiger partial charge on any atom is -0.456 e. The summed E-state index contributed by atoms with van der Waals surface area (Å²) in [5.41, 5.74) is 22.5. The summed E-state index contributed by atoms with van der Waals surface area (Å²) in [5.74, 6) is 0. The number of para-hydroxylation sites is 7. The van der Waals surface area contributed by atoms with Gasteiger partial charge >= 0.3 is 0 Å². The molecule has 3 aromatic heterocycles. The lowest BCUT2D eigenvalue weighted by molar-refractivity contribution is 0.669. The molecule has 23 aromatic rings. The Bertz CT molecular complexity index is 7850. The molecule has 20 aromatic carbocycles. The van der Waals surface area contributed by atoms with Crippen LogP contribution in [-0.4, -0.2) is 8.07 Å². The first-order chi connectivity index (χ1) is 60.6. The second-order valence-corrected chi connectivity index (χ2v) is 39.8. The normalized spacial score (nSPS) is 11.7. The van der Waals surface area contributed by atoms with Gasteiger partial charge in [-0.3, -0.25) is 0 Å². The van der Waals surface area contributed by atoms with Gasteiger partial charge in [0, 0.05) is 130 Å². The average Bonchev–Trinajstić information content (AvgIpc) is 1.61. The van der Waals surface area contributed by atoms with Crippen molar-refractivity contribution in [3.8, 4) is 33.4 Å². The lowest BCUT2D eigenvalue weighted by Crippen LogP contribution is -2.37. The van der Waals surface area contributed by atoms with E-state index >= 15 is 0 Å². The molecule has 0 spiro atoms. The first kappa shape index (κ1) is 74.4. The van der Waals surface area contributed by atoms with Gasteiger partial charge in [-0.05, 0) is 224 Å². The molecule has 0 saturated carbocycles.